The Hall–Kier alpha value is -5.14. The molecule has 1 fully saturated rings. The number of fused-ring (bicyclic) bond motifs is 3. The zero-order chi connectivity index (χ0) is 46.1. The van der Waals surface area contributed by atoms with Crippen LogP contribution in [0, 0.1) is 17.6 Å². The molecule has 0 radical (unpaired) electrons. The van der Waals surface area contributed by atoms with Crippen LogP contribution in [0.4, 0.5) is 22.0 Å². The highest BCUT2D eigenvalue weighted by Gasteiger charge is 2.53. The van der Waals surface area contributed by atoms with Crippen molar-refractivity contribution in [3.05, 3.63) is 167 Å². The van der Waals surface area contributed by atoms with Gasteiger partial charge in [0.05, 0.1) is 31.8 Å². The summed E-state index contributed by atoms with van der Waals surface area (Å²) in [4.78, 5) is 20.6. The van der Waals surface area contributed by atoms with Gasteiger partial charge < -0.3 is 19.0 Å². The number of aromatic nitrogens is 1. The fourth-order valence-electron chi connectivity index (χ4n) is 10.2. The molecule has 4 atom stereocenters. The standard InChI is InChI=1S/C53H58F5N3O3Si/c1-35-28-43-42-24-15-16-25-46(42)59-48(43)49(61(35)33-53(57,58)34-63-65(52(3,4)5,40-20-11-7-12-21-40)41-22-13-8-14-23-41)47-44(55)29-38(30-45(47)56)50(39-31-60(32-39)27-17-26-54)64-51(62)36(2)37-18-9-6-10-19-37/h6-16,18-25,29-30,35-36,39,49-50,59H,17,26-28,31-34H2,1-5H3/t35-,36?,49-,50-/m1/s1. The molecule has 6 nitrogen and oxygen atoms in total. The summed E-state index contributed by atoms with van der Waals surface area (Å²) < 4.78 is 94.7. The second-order valence-corrected chi connectivity index (χ2v) is 23.3. The van der Waals surface area contributed by atoms with Crippen molar-refractivity contribution in [3.8, 4) is 0 Å². The Balaban J connectivity index is 1.16. The second-order valence-electron chi connectivity index (χ2n) is 18.9. The first kappa shape index (κ1) is 46.4. The molecule has 0 amide bonds. The normalized spacial score (nSPS) is 18.6. The summed E-state index contributed by atoms with van der Waals surface area (Å²) in [5.41, 5.74) is 2.48. The maximum Gasteiger partial charge on any atom is 0.313 e. The van der Waals surface area contributed by atoms with E-state index < -0.39 is 80.8 Å². The summed E-state index contributed by atoms with van der Waals surface area (Å²) >= 11 is 0. The van der Waals surface area contributed by atoms with Crippen LogP contribution in [0.25, 0.3) is 10.9 Å². The fourth-order valence-corrected chi connectivity index (χ4v) is 14.8. The van der Waals surface area contributed by atoms with Crippen LogP contribution in [0.2, 0.25) is 5.04 Å². The van der Waals surface area contributed by atoms with Crippen molar-refractivity contribution in [2.75, 3.05) is 39.5 Å². The van der Waals surface area contributed by atoms with Crippen LogP contribution in [0.3, 0.4) is 0 Å². The highest BCUT2D eigenvalue weighted by atomic mass is 28.4. The largest absolute Gasteiger partial charge is 0.457 e. The predicted molar refractivity (Wildman–Crippen MR) is 249 cm³/mol. The number of carbonyl (C=O) groups excluding carboxylic acids is 1. The van der Waals surface area contributed by atoms with Crippen LogP contribution in [0.15, 0.2) is 127 Å². The second kappa shape index (κ2) is 19.0. The van der Waals surface area contributed by atoms with Gasteiger partial charge >= 0.3 is 5.97 Å². The molecule has 1 aromatic heterocycles. The summed E-state index contributed by atoms with van der Waals surface area (Å²) in [6, 6.07) is 36.3. The third-order valence-corrected chi connectivity index (χ3v) is 18.5. The topological polar surface area (TPSA) is 57.8 Å². The van der Waals surface area contributed by atoms with Crippen molar-refractivity contribution >= 4 is 35.6 Å². The van der Waals surface area contributed by atoms with Crippen molar-refractivity contribution in [1.82, 2.24) is 14.8 Å². The number of hydrogen-bond acceptors (Lipinski definition) is 5. The lowest BCUT2D eigenvalue weighted by atomic mass is 9.85. The molecular weight excluding hydrogens is 850 g/mol. The van der Waals surface area contributed by atoms with Crippen LogP contribution in [-0.2, 0) is 20.4 Å². The van der Waals surface area contributed by atoms with E-state index in [0.717, 1.165) is 32.4 Å². The number of nitrogens with zero attached hydrogens (tertiary/aromatic N) is 2. The number of carbonyl (C=O) groups is 1. The number of para-hydroxylation sites is 1. The first-order valence-electron chi connectivity index (χ1n) is 22.6. The molecule has 1 unspecified atom stereocenters. The van der Waals surface area contributed by atoms with Crippen LogP contribution in [0.5, 0.6) is 0 Å². The van der Waals surface area contributed by atoms with Gasteiger partial charge in [-0.3, -0.25) is 14.1 Å². The number of rotatable bonds is 16. The van der Waals surface area contributed by atoms with Crippen LogP contribution < -0.4 is 10.4 Å². The molecule has 0 saturated carbocycles. The van der Waals surface area contributed by atoms with Gasteiger partial charge in [0.25, 0.3) is 14.2 Å². The Morgan fingerprint density at radius 3 is 1.98 bits per heavy atom. The fraction of sp³-hybridized carbons (Fsp3) is 0.377. The van der Waals surface area contributed by atoms with E-state index in [1.54, 1.807) is 6.92 Å². The molecule has 65 heavy (non-hydrogen) atoms. The number of ether oxygens (including phenoxy) is 1. The highest BCUT2D eigenvalue weighted by Crippen LogP contribution is 2.46. The lowest BCUT2D eigenvalue weighted by molar-refractivity contribution is -0.158. The highest BCUT2D eigenvalue weighted by molar-refractivity contribution is 6.99. The third kappa shape index (κ3) is 9.32. The average molecular weight is 908 g/mol. The van der Waals surface area contributed by atoms with Gasteiger partial charge in [-0.05, 0) is 77.0 Å². The van der Waals surface area contributed by atoms with E-state index in [2.05, 4.69) is 4.98 Å². The number of benzene rings is 5. The van der Waals surface area contributed by atoms with E-state index in [0.29, 0.717) is 38.2 Å². The maximum absolute atomic E-state index is 17.3. The Labute approximate surface area is 379 Å². The van der Waals surface area contributed by atoms with Gasteiger partial charge in [0, 0.05) is 53.8 Å². The van der Waals surface area contributed by atoms with E-state index in [1.165, 1.54) is 17.0 Å². The molecule has 6 aromatic rings. The number of halogens is 5. The molecule has 3 heterocycles. The number of hydrogen-bond donors (Lipinski definition) is 1. The van der Waals surface area contributed by atoms with Crippen molar-refractivity contribution in [2.45, 2.75) is 82.5 Å². The molecule has 342 valence electrons. The monoisotopic (exact) mass is 907 g/mol. The Morgan fingerprint density at radius 2 is 1.40 bits per heavy atom. The minimum absolute atomic E-state index is 0.129. The summed E-state index contributed by atoms with van der Waals surface area (Å²) in [5.74, 6) is -6.87. The molecule has 5 aromatic carbocycles. The van der Waals surface area contributed by atoms with Crippen molar-refractivity contribution < 1.29 is 35.9 Å². The van der Waals surface area contributed by atoms with Gasteiger partial charge in [0.1, 0.15) is 17.7 Å². The number of likely N-dealkylation sites (tertiary alicyclic amines) is 1. The smallest absolute Gasteiger partial charge is 0.313 e. The Kier molecular flexibility index (Phi) is 13.6. The van der Waals surface area contributed by atoms with E-state index in [-0.39, 0.29) is 17.0 Å². The van der Waals surface area contributed by atoms with Gasteiger partial charge in [0.15, 0.2) is 0 Å². The molecule has 2 aliphatic rings. The molecule has 2 aliphatic heterocycles. The van der Waals surface area contributed by atoms with Crippen molar-refractivity contribution in [3.63, 3.8) is 0 Å². The van der Waals surface area contributed by atoms with Crippen LogP contribution in [0.1, 0.15) is 87.1 Å². The van der Waals surface area contributed by atoms with E-state index in [4.69, 9.17) is 9.16 Å². The van der Waals surface area contributed by atoms with Crippen molar-refractivity contribution in [2.24, 2.45) is 5.92 Å². The van der Waals surface area contributed by atoms with Gasteiger partial charge in [-0.25, -0.2) is 17.6 Å². The minimum atomic E-state index is -3.47. The van der Waals surface area contributed by atoms with E-state index in [1.807, 2.05) is 148 Å². The molecule has 0 bridgehead atoms. The number of alkyl halides is 3. The van der Waals surface area contributed by atoms with Crippen molar-refractivity contribution in [1.29, 1.82) is 0 Å². The third-order valence-electron chi connectivity index (χ3n) is 13.5. The molecule has 0 spiro atoms. The predicted octanol–water partition coefficient (Wildman–Crippen LogP) is 10.7. The first-order valence-corrected chi connectivity index (χ1v) is 24.5. The number of esters is 1. The summed E-state index contributed by atoms with van der Waals surface area (Å²) in [5, 5.41) is 2.02. The molecular formula is C53H58F5N3O3Si. The lowest BCUT2D eigenvalue weighted by Crippen LogP contribution is -2.67. The molecule has 1 N–H and O–H groups in total. The summed E-state index contributed by atoms with van der Waals surface area (Å²) in [6.07, 6.45) is -0.306. The number of H-pyrrole nitrogens is 1. The first-order chi connectivity index (χ1) is 31.1. The number of nitrogens with one attached hydrogen (secondary N) is 1. The van der Waals surface area contributed by atoms with Crippen LogP contribution >= 0.6 is 0 Å². The van der Waals surface area contributed by atoms with Gasteiger partial charge in [-0.2, -0.15) is 0 Å². The zero-order valence-electron chi connectivity index (χ0n) is 37.7. The van der Waals surface area contributed by atoms with Gasteiger partial charge in [-0.1, -0.05) is 130 Å². The van der Waals surface area contributed by atoms with Gasteiger partial charge in [0.2, 0.25) is 0 Å². The molecule has 1 saturated heterocycles. The number of aromatic amines is 1. The van der Waals surface area contributed by atoms with E-state index >= 15 is 17.6 Å². The molecule has 8 rings (SSSR count). The summed E-state index contributed by atoms with van der Waals surface area (Å²) in [7, 11) is -3.38. The molecule has 12 heteroatoms. The lowest BCUT2D eigenvalue weighted by Gasteiger charge is -2.45. The Bertz CT molecular complexity index is 2500. The minimum Gasteiger partial charge on any atom is -0.457 e. The van der Waals surface area contributed by atoms with E-state index in [9.17, 15) is 9.18 Å². The Morgan fingerprint density at radius 1 is 0.831 bits per heavy atom. The SMILES string of the molecule is CC(C(=O)O[C@H](c1cc(F)c([C@@H]2c3[nH]c4ccccc4c3C[C@@H](C)N2CC(F)(F)CO[Si](c2ccccc2)(c2ccccc2)C(C)(C)C)c(F)c1)C1CN(CCCF)C1)c1ccccc1. The zero-order valence-corrected chi connectivity index (χ0v) is 38.7. The average Bonchev–Trinajstić information content (AvgIpc) is 3.64. The van der Waals surface area contributed by atoms with Crippen LogP contribution in [-0.4, -0.2) is 80.5 Å². The van der Waals surface area contributed by atoms with Gasteiger partial charge in [-0.15, -0.1) is 0 Å². The molecule has 0 aliphatic carbocycles. The maximum atomic E-state index is 17.3. The quantitative estimate of drug-likeness (QED) is 0.0596. The summed E-state index contributed by atoms with van der Waals surface area (Å²) in [6.45, 7) is 8.77.